The lowest BCUT2D eigenvalue weighted by Crippen LogP contribution is -1.91. The van der Waals surface area contributed by atoms with Gasteiger partial charge in [0.15, 0.2) is 0 Å². The first-order chi connectivity index (χ1) is 3.80. The van der Waals surface area contributed by atoms with Crippen molar-refractivity contribution in [3.8, 4) is 0 Å². The quantitative estimate of drug-likeness (QED) is 0.619. The molecule has 0 spiro atoms. The minimum Gasteiger partial charge on any atom is -0.359 e. The number of H-pyrrole nitrogens is 1. The third-order valence-electron chi connectivity index (χ3n) is 0.764. The van der Waals surface area contributed by atoms with Crippen molar-refractivity contribution in [2.45, 2.75) is 0 Å². The van der Waals surface area contributed by atoms with Crippen LogP contribution in [0.1, 0.15) is 0 Å². The number of halogens is 2. The summed E-state index contributed by atoms with van der Waals surface area (Å²) in [5, 5.41) is 0. The first kappa shape index (κ1) is 6.41. The van der Waals surface area contributed by atoms with E-state index in [1.54, 1.807) is 6.20 Å². The monoisotopic (exact) mass is 167 g/mol. The summed E-state index contributed by atoms with van der Waals surface area (Å²) in [7, 11) is 0. The summed E-state index contributed by atoms with van der Waals surface area (Å²) in [6.45, 7) is -0.970. The van der Waals surface area contributed by atoms with Gasteiger partial charge in [-0.1, -0.05) is 22.5 Å². The summed E-state index contributed by atoms with van der Waals surface area (Å²) in [5.74, 6) is 0. The zero-order valence-corrected chi connectivity index (χ0v) is 6.34. The minimum atomic E-state index is -0.970. The van der Waals surface area contributed by atoms with Crippen LogP contribution in [0.2, 0.25) is 0 Å². The van der Waals surface area contributed by atoms with Gasteiger partial charge in [0.25, 0.3) is 0 Å². The van der Waals surface area contributed by atoms with Crippen molar-refractivity contribution in [3.05, 3.63) is 18.3 Å². The van der Waals surface area contributed by atoms with Crippen molar-refractivity contribution in [2.75, 3.05) is 0 Å². The lowest BCUT2D eigenvalue weighted by Gasteiger charge is -1.91. The van der Waals surface area contributed by atoms with Gasteiger partial charge in [-0.2, -0.15) is 0 Å². The Hall–Kier alpha value is 0.290. The number of hydrogen-bond donors (Lipinski definition) is 1. The van der Waals surface area contributed by atoms with Crippen molar-refractivity contribution in [1.82, 2.24) is 4.98 Å². The van der Waals surface area contributed by atoms with E-state index in [2.05, 4.69) is 4.98 Å². The highest BCUT2D eigenvalue weighted by molar-refractivity contribution is 8.08. The molecule has 1 N–H and O–H groups in total. The SMILES string of the molecule is ClP(Cl)c1ccc[nH]1. The highest BCUT2D eigenvalue weighted by Gasteiger charge is 2.00. The molecule has 0 aliphatic heterocycles. The van der Waals surface area contributed by atoms with E-state index in [-0.39, 0.29) is 0 Å². The van der Waals surface area contributed by atoms with E-state index in [1.807, 2.05) is 12.1 Å². The molecule has 0 bridgehead atoms. The molecule has 0 aromatic carbocycles. The number of hydrogen-bond acceptors (Lipinski definition) is 0. The van der Waals surface area contributed by atoms with Gasteiger partial charge in [-0.25, -0.2) is 0 Å². The van der Waals surface area contributed by atoms with E-state index in [1.165, 1.54) is 0 Å². The van der Waals surface area contributed by atoms with Crippen molar-refractivity contribution in [2.24, 2.45) is 0 Å². The third kappa shape index (κ3) is 1.38. The van der Waals surface area contributed by atoms with Crippen molar-refractivity contribution in [1.29, 1.82) is 0 Å². The van der Waals surface area contributed by atoms with Gasteiger partial charge >= 0.3 is 0 Å². The van der Waals surface area contributed by atoms with Gasteiger partial charge in [-0.05, 0) is 12.1 Å². The van der Waals surface area contributed by atoms with Gasteiger partial charge in [0.2, 0.25) is 0 Å². The van der Waals surface area contributed by atoms with Crippen molar-refractivity contribution < 1.29 is 0 Å². The summed E-state index contributed by atoms with van der Waals surface area (Å²) in [4.78, 5) is 2.90. The van der Waals surface area contributed by atoms with E-state index in [0.717, 1.165) is 5.44 Å². The maximum Gasteiger partial charge on any atom is 0.133 e. The molecule has 0 unspecified atom stereocenters. The Morgan fingerprint density at radius 3 is 2.50 bits per heavy atom. The topological polar surface area (TPSA) is 15.8 Å². The maximum atomic E-state index is 5.54. The van der Waals surface area contributed by atoms with Crippen molar-refractivity contribution in [3.63, 3.8) is 0 Å². The number of aromatic nitrogens is 1. The second-order valence-corrected chi connectivity index (χ2v) is 4.78. The molecule has 0 saturated carbocycles. The van der Waals surface area contributed by atoms with Crippen LogP contribution in [0.3, 0.4) is 0 Å². The highest BCUT2D eigenvalue weighted by Crippen LogP contribution is 2.44. The summed E-state index contributed by atoms with van der Waals surface area (Å²) < 4.78 is 0. The van der Waals surface area contributed by atoms with E-state index >= 15 is 0 Å². The van der Waals surface area contributed by atoms with E-state index in [9.17, 15) is 0 Å². The number of rotatable bonds is 1. The fourth-order valence-corrected chi connectivity index (χ4v) is 1.43. The van der Waals surface area contributed by atoms with Gasteiger partial charge in [0.1, 0.15) is 6.63 Å². The van der Waals surface area contributed by atoms with Crippen LogP contribution in [0.4, 0.5) is 0 Å². The second-order valence-electron chi connectivity index (χ2n) is 1.29. The lowest BCUT2D eigenvalue weighted by molar-refractivity contribution is 1.48. The smallest absolute Gasteiger partial charge is 0.133 e. The Morgan fingerprint density at radius 2 is 2.25 bits per heavy atom. The fraction of sp³-hybridized carbons (Fsp3) is 0. The summed E-state index contributed by atoms with van der Waals surface area (Å²) in [6, 6.07) is 3.74. The first-order valence-corrected chi connectivity index (χ1v) is 5.21. The van der Waals surface area contributed by atoms with Crippen LogP contribution < -0.4 is 5.44 Å². The minimum absolute atomic E-state index is 0.906. The lowest BCUT2D eigenvalue weighted by atomic mass is 10.7. The van der Waals surface area contributed by atoms with Crippen LogP contribution in [0.15, 0.2) is 18.3 Å². The maximum absolute atomic E-state index is 5.54. The third-order valence-corrected chi connectivity index (χ3v) is 2.50. The van der Waals surface area contributed by atoms with Gasteiger partial charge in [-0.15, -0.1) is 0 Å². The molecule has 0 aliphatic rings. The van der Waals surface area contributed by atoms with Gasteiger partial charge in [0.05, 0.1) is 5.44 Å². The number of nitrogens with one attached hydrogen (secondary N) is 1. The normalized spacial score (nSPS) is 10.4. The molecule has 0 amide bonds. The van der Waals surface area contributed by atoms with Crippen molar-refractivity contribution >= 4 is 34.5 Å². The highest BCUT2D eigenvalue weighted by atomic mass is 35.9. The zero-order valence-electron chi connectivity index (χ0n) is 3.94. The summed E-state index contributed by atoms with van der Waals surface area (Å²) >= 11 is 11.1. The van der Waals surface area contributed by atoms with E-state index in [4.69, 9.17) is 22.5 Å². The zero-order chi connectivity index (χ0) is 5.98. The van der Waals surface area contributed by atoms with Crippen LogP contribution in [-0.2, 0) is 0 Å². The Bertz CT molecular complexity index is 149. The molecule has 1 rings (SSSR count). The largest absolute Gasteiger partial charge is 0.359 e. The van der Waals surface area contributed by atoms with Crippen LogP contribution >= 0.6 is 29.1 Å². The van der Waals surface area contributed by atoms with E-state index < -0.39 is 6.63 Å². The molecule has 0 fully saturated rings. The Morgan fingerprint density at radius 1 is 1.50 bits per heavy atom. The molecule has 1 aromatic heterocycles. The molecule has 0 atom stereocenters. The Kier molecular flexibility index (Phi) is 2.18. The standard InChI is InChI=1S/C4H4Cl2NP/c5-8(6)4-2-1-3-7-4/h1-3,7H. The molecule has 0 radical (unpaired) electrons. The predicted molar refractivity (Wildman–Crippen MR) is 39.1 cm³/mol. The molecular formula is C4H4Cl2NP. The van der Waals surface area contributed by atoms with Gasteiger partial charge in [0, 0.05) is 6.20 Å². The van der Waals surface area contributed by atoms with Crippen LogP contribution in [-0.4, -0.2) is 4.98 Å². The molecule has 1 heterocycles. The van der Waals surface area contributed by atoms with E-state index in [0.29, 0.717) is 0 Å². The molecular weight excluding hydrogens is 164 g/mol. The molecule has 0 aliphatic carbocycles. The van der Waals surface area contributed by atoms with Gasteiger partial charge in [-0.3, -0.25) is 0 Å². The summed E-state index contributed by atoms with van der Waals surface area (Å²) in [6.07, 6.45) is 1.80. The van der Waals surface area contributed by atoms with Gasteiger partial charge < -0.3 is 4.98 Å². The van der Waals surface area contributed by atoms with Crippen LogP contribution in [0, 0.1) is 0 Å². The average molecular weight is 168 g/mol. The molecule has 4 heteroatoms. The van der Waals surface area contributed by atoms with Crippen LogP contribution in [0.25, 0.3) is 0 Å². The molecule has 1 nitrogen and oxygen atoms in total. The number of aromatic amines is 1. The fourth-order valence-electron chi connectivity index (χ4n) is 0.426. The Labute approximate surface area is 58.3 Å². The Balaban J connectivity index is 2.77. The summed E-state index contributed by atoms with van der Waals surface area (Å²) in [5.41, 5.74) is 0.906. The predicted octanol–water partition coefficient (Wildman–Crippen LogP) is 2.43. The molecule has 8 heavy (non-hydrogen) atoms. The second kappa shape index (κ2) is 2.72. The molecule has 0 saturated heterocycles. The molecule has 44 valence electrons. The average Bonchev–Trinajstić information content (AvgIpc) is 2.12. The molecule has 1 aromatic rings. The first-order valence-electron chi connectivity index (χ1n) is 2.06. The van der Waals surface area contributed by atoms with Crippen LogP contribution in [0.5, 0.6) is 0 Å².